The summed E-state index contributed by atoms with van der Waals surface area (Å²) in [7, 11) is 0.184. The third kappa shape index (κ3) is 3.94. The van der Waals surface area contributed by atoms with Gasteiger partial charge in [-0.2, -0.15) is 0 Å². The molecule has 0 bridgehead atoms. The predicted molar refractivity (Wildman–Crippen MR) is 63.9 cm³/mol. The summed E-state index contributed by atoms with van der Waals surface area (Å²) < 4.78 is 11.4. The molecule has 1 atom stereocenters. The summed E-state index contributed by atoms with van der Waals surface area (Å²) in [5.41, 5.74) is 0. The van der Waals surface area contributed by atoms with Crippen LogP contribution in [0.5, 0.6) is 0 Å². The van der Waals surface area contributed by atoms with Crippen LogP contribution in [0.4, 0.5) is 0 Å². The summed E-state index contributed by atoms with van der Waals surface area (Å²) in [6, 6.07) is 3.49. The second-order valence-corrected chi connectivity index (χ2v) is 8.21. The van der Waals surface area contributed by atoms with Gasteiger partial charge in [-0.1, -0.05) is 26.8 Å². The predicted octanol–water partition coefficient (Wildman–Crippen LogP) is 3.56. The molecule has 0 aliphatic carbocycles. The number of methoxy groups -OCH3 is 1. The van der Waals surface area contributed by atoms with Crippen molar-refractivity contribution < 1.29 is 9.16 Å². The van der Waals surface area contributed by atoms with E-state index >= 15 is 0 Å². The molecular formula is C11H24O2Si. The topological polar surface area (TPSA) is 18.5 Å². The van der Waals surface area contributed by atoms with Crippen LogP contribution in [0.3, 0.4) is 0 Å². The summed E-state index contributed by atoms with van der Waals surface area (Å²) in [6.45, 7) is 8.66. The van der Waals surface area contributed by atoms with E-state index in [0.29, 0.717) is 0 Å². The molecule has 0 fully saturated rings. The molecule has 0 aromatic carbocycles. The first-order chi connectivity index (χ1) is 6.67. The van der Waals surface area contributed by atoms with Gasteiger partial charge in [0.25, 0.3) is 0 Å². The highest BCUT2D eigenvalue weighted by Crippen LogP contribution is 2.23. The molecule has 0 aromatic rings. The first kappa shape index (κ1) is 13.9. The van der Waals surface area contributed by atoms with E-state index < -0.39 is 8.32 Å². The van der Waals surface area contributed by atoms with Gasteiger partial charge in [0.1, 0.15) is 0 Å². The van der Waals surface area contributed by atoms with Gasteiger partial charge in [0.15, 0.2) is 14.6 Å². The maximum Gasteiger partial charge on any atom is 0.195 e. The molecule has 0 heterocycles. The third-order valence-electron chi connectivity index (χ3n) is 2.88. The molecule has 0 aliphatic heterocycles. The van der Waals surface area contributed by atoms with Crippen molar-refractivity contribution in [1.29, 1.82) is 0 Å². The van der Waals surface area contributed by atoms with E-state index in [1.807, 2.05) is 19.1 Å². The van der Waals surface area contributed by atoms with E-state index in [0.717, 1.165) is 18.1 Å². The molecule has 14 heavy (non-hydrogen) atoms. The Balaban J connectivity index is 4.39. The summed E-state index contributed by atoms with van der Waals surface area (Å²) >= 11 is 0. The van der Waals surface area contributed by atoms with Gasteiger partial charge in [-0.25, -0.2) is 0 Å². The van der Waals surface area contributed by atoms with Crippen LogP contribution in [0, 0.1) is 0 Å². The minimum atomic E-state index is -1.51. The first-order valence-electron chi connectivity index (χ1n) is 5.51. The lowest BCUT2D eigenvalue weighted by Gasteiger charge is -2.31. The van der Waals surface area contributed by atoms with Crippen molar-refractivity contribution in [2.45, 2.75) is 52.1 Å². The van der Waals surface area contributed by atoms with Crippen LogP contribution < -0.4 is 0 Å². The van der Waals surface area contributed by atoms with Crippen molar-refractivity contribution in [3.63, 3.8) is 0 Å². The number of hydrogen-bond acceptors (Lipinski definition) is 2. The number of hydrogen-bond donors (Lipinski definition) is 0. The Morgan fingerprint density at radius 3 is 1.93 bits per heavy atom. The maximum atomic E-state index is 6.11. The normalized spacial score (nSPS) is 14.9. The lowest BCUT2D eigenvalue weighted by Crippen LogP contribution is -2.39. The molecule has 2 nitrogen and oxygen atoms in total. The van der Waals surface area contributed by atoms with Crippen molar-refractivity contribution >= 4 is 8.32 Å². The molecule has 0 radical (unpaired) electrons. The van der Waals surface area contributed by atoms with Crippen molar-refractivity contribution in [3.8, 4) is 0 Å². The van der Waals surface area contributed by atoms with Crippen molar-refractivity contribution in [2.24, 2.45) is 0 Å². The van der Waals surface area contributed by atoms with E-state index in [2.05, 4.69) is 20.8 Å². The Hall–Kier alpha value is -0.123. The minimum absolute atomic E-state index is 0.147. The van der Waals surface area contributed by atoms with Crippen LogP contribution in [0.2, 0.25) is 18.1 Å². The van der Waals surface area contributed by atoms with Gasteiger partial charge in [-0.3, -0.25) is 0 Å². The summed E-state index contributed by atoms with van der Waals surface area (Å²) in [4.78, 5) is 0. The van der Waals surface area contributed by atoms with Crippen LogP contribution in [0.15, 0.2) is 12.2 Å². The van der Waals surface area contributed by atoms with Gasteiger partial charge < -0.3 is 9.16 Å². The molecule has 84 valence electrons. The molecule has 0 saturated carbocycles. The van der Waals surface area contributed by atoms with Crippen LogP contribution in [0.1, 0.15) is 27.7 Å². The van der Waals surface area contributed by atoms with Gasteiger partial charge in [-0.15, -0.1) is 0 Å². The highest BCUT2D eigenvalue weighted by atomic mass is 28.4. The average molecular weight is 216 g/mol. The average Bonchev–Trinajstić information content (AvgIpc) is 2.25. The zero-order chi connectivity index (χ0) is 11.0. The molecule has 0 saturated heterocycles. The smallest absolute Gasteiger partial charge is 0.195 e. The molecule has 0 amide bonds. The second kappa shape index (κ2) is 7.21. The molecular weight excluding hydrogens is 192 g/mol. The highest BCUT2D eigenvalue weighted by molar-refractivity contribution is 6.73. The molecule has 0 rings (SSSR count). The van der Waals surface area contributed by atoms with Gasteiger partial charge in [0.05, 0.1) is 0 Å². The Kier molecular flexibility index (Phi) is 7.14. The monoisotopic (exact) mass is 216 g/mol. The van der Waals surface area contributed by atoms with Gasteiger partial charge in [0.2, 0.25) is 0 Å². The van der Waals surface area contributed by atoms with Crippen LogP contribution in [-0.4, -0.2) is 21.7 Å². The van der Waals surface area contributed by atoms with E-state index in [9.17, 15) is 0 Å². The van der Waals surface area contributed by atoms with Crippen LogP contribution in [-0.2, 0) is 9.16 Å². The zero-order valence-electron chi connectivity index (χ0n) is 10.2. The minimum Gasteiger partial charge on any atom is -0.389 e. The van der Waals surface area contributed by atoms with Crippen molar-refractivity contribution in [3.05, 3.63) is 12.2 Å². The molecule has 0 aliphatic rings. The highest BCUT2D eigenvalue weighted by Gasteiger charge is 2.31. The number of ether oxygens (including phenoxy) is 1. The number of allylic oxidation sites excluding steroid dienone is 1. The van der Waals surface area contributed by atoms with Crippen LogP contribution >= 0.6 is 0 Å². The fourth-order valence-electron chi connectivity index (χ4n) is 1.57. The molecule has 1 unspecified atom stereocenters. The molecule has 0 aromatic heterocycles. The molecule has 0 N–H and O–H groups in total. The SMILES string of the molecule is CC=CC(OC)O[Si](CC)(CC)CC. The maximum absolute atomic E-state index is 6.11. The Morgan fingerprint density at radius 1 is 1.14 bits per heavy atom. The largest absolute Gasteiger partial charge is 0.389 e. The summed E-state index contributed by atoms with van der Waals surface area (Å²) in [5, 5.41) is 0. The number of rotatable bonds is 7. The third-order valence-corrected chi connectivity index (χ3v) is 7.48. The summed E-state index contributed by atoms with van der Waals surface area (Å²) in [6.07, 6.45) is 3.81. The van der Waals surface area contributed by atoms with Crippen LogP contribution in [0.25, 0.3) is 0 Å². The fourth-order valence-corrected chi connectivity index (χ4v) is 4.24. The van der Waals surface area contributed by atoms with Gasteiger partial charge >= 0.3 is 0 Å². The standard InChI is InChI=1S/C11H24O2Si/c1-6-10-11(12-5)13-14(7-2,8-3)9-4/h6,10-11H,7-9H2,1-5H3. The van der Waals surface area contributed by atoms with Gasteiger partial charge in [0, 0.05) is 7.11 Å². The zero-order valence-corrected chi connectivity index (χ0v) is 11.2. The van der Waals surface area contributed by atoms with E-state index in [1.165, 1.54) is 0 Å². The van der Waals surface area contributed by atoms with Crippen molar-refractivity contribution in [2.75, 3.05) is 7.11 Å². The summed E-state index contributed by atoms with van der Waals surface area (Å²) in [5.74, 6) is 0. The van der Waals surface area contributed by atoms with Gasteiger partial charge in [-0.05, 0) is 31.1 Å². The van der Waals surface area contributed by atoms with Crippen molar-refractivity contribution in [1.82, 2.24) is 0 Å². The molecule has 3 heteroatoms. The van der Waals surface area contributed by atoms with E-state index in [1.54, 1.807) is 7.11 Å². The Labute approximate surface area is 89.4 Å². The molecule has 0 spiro atoms. The fraction of sp³-hybridized carbons (Fsp3) is 0.818. The van der Waals surface area contributed by atoms with E-state index in [4.69, 9.17) is 9.16 Å². The lowest BCUT2D eigenvalue weighted by molar-refractivity contribution is -0.0241. The first-order valence-corrected chi connectivity index (χ1v) is 8.04. The van der Waals surface area contributed by atoms with E-state index in [-0.39, 0.29) is 6.29 Å². The quantitative estimate of drug-likeness (QED) is 0.368. The Bertz CT molecular complexity index is 156. The second-order valence-electron chi connectivity index (χ2n) is 3.49. The Morgan fingerprint density at radius 2 is 1.64 bits per heavy atom. The lowest BCUT2D eigenvalue weighted by atomic mass is 10.5.